The standard InChI is InChI=1S/C21H20N2O4/c1-13-9-14(2)11-16(10-13)27-12-19(24)22-23-21(26)18-8-7-15-5-3-4-6-17(15)20(18)25/h3-11,25H,12H2,1-2H3,(H,22,24)(H,23,26). The minimum atomic E-state index is -0.613. The highest BCUT2D eigenvalue weighted by Crippen LogP contribution is 2.28. The Morgan fingerprint density at radius 3 is 2.41 bits per heavy atom. The van der Waals surface area contributed by atoms with Gasteiger partial charge in [0.1, 0.15) is 11.5 Å². The van der Waals surface area contributed by atoms with E-state index in [1.807, 2.05) is 44.2 Å². The van der Waals surface area contributed by atoms with Crippen molar-refractivity contribution in [1.29, 1.82) is 0 Å². The smallest absolute Gasteiger partial charge is 0.276 e. The summed E-state index contributed by atoms with van der Waals surface area (Å²) >= 11 is 0. The molecule has 3 aromatic rings. The Hall–Kier alpha value is -3.54. The summed E-state index contributed by atoms with van der Waals surface area (Å²) in [5.74, 6) is -0.673. The molecule has 3 N–H and O–H groups in total. The number of ether oxygens (including phenoxy) is 1. The summed E-state index contributed by atoms with van der Waals surface area (Å²) in [7, 11) is 0. The number of hydrazine groups is 1. The van der Waals surface area contributed by atoms with E-state index in [2.05, 4.69) is 10.9 Å². The number of amides is 2. The molecule has 0 atom stereocenters. The zero-order chi connectivity index (χ0) is 19.4. The van der Waals surface area contributed by atoms with E-state index in [9.17, 15) is 14.7 Å². The van der Waals surface area contributed by atoms with Gasteiger partial charge in [-0.25, -0.2) is 0 Å². The van der Waals surface area contributed by atoms with Crippen LogP contribution < -0.4 is 15.6 Å². The lowest BCUT2D eigenvalue weighted by Gasteiger charge is -2.11. The van der Waals surface area contributed by atoms with E-state index < -0.39 is 11.8 Å². The van der Waals surface area contributed by atoms with Crippen molar-refractivity contribution in [2.45, 2.75) is 13.8 Å². The highest BCUT2D eigenvalue weighted by atomic mass is 16.5. The number of phenolic OH excluding ortho intramolecular Hbond substituents is 1. The largest absolute Gasteiger partial charge is 0.506 e. The zero-order valence-electron chi connectivity index (χ0n) is 15.1. The van der Waals surface area contributed by atoms with Crippen LogP contribution in [0.4, 0.5) is 0 Å². The van der Waals surface area contributed by atoms with Crippen molar-refractivity contribution in [2.75, 3.05) is 6.61 Å². The SMILES string of the molecule is Cc1cc(C)cc(OCC(=O)NNC(=O)c2ccc3ccccc3c2O)c1. The summed E-state index contributed by atoms with van der Waals surface area (Å²) in [6.07, 6.45) is 0. The number of carbonyl (C=O) groups is 2. The van der Waals surface area contributed by atoms with E-state index in [1.54, 1.807) is 18.2 Å². The van der Waals surface area contributed by atoms with Gasteiger partial charge in [-0.3, -0.25) is 20.4 Å². The van der Waals surface area contributed by atoms with Gasteiger partial charge >= 0.3 is 0 Å². The van der Waals surface area contributed by atoms with Crippen LogP contribution >= 0.6 is 0 Å². The zero-order valence-corrected chi connectivity index (χ0v) is 15.1. The maximum atomic E-state index is 12.3. The lowest BCUT2D eigenvalue weighted by atomic mass is 10.1. The molecule has 6 nitrogen and oxygen atoms in total. The van der Waals surface area contributed by atoms with Crippen LogP contribution in [0.3, 0.4) is 0 Å². The number of phenols is 1. The maximum Gasteiger partial charge on any atom is 0.276 e. The number of rotatable bonds is 4. The number of hydrogen-bond donors (Lipinski definition) is 3. The first kappa shape index (κ1) is 18.3. The highest BCUT2D eigenvalue weighted by Gasteiger charge is 2.14. The Morgan fingerprint density at radius 2 is 1.67 bits per heavy atom. The number of aromatic hydroxyl groups is 1. The molecule has 0 aliphatic rings. The average Bonchev–Trinajstić information content (AvgIpc) is 2.64. The summed E-state index contributed by atoms with van der Waals surface area (Å²) < 4.78 is 5.44. The first-order chi connectivity index (χ1) is 12.9. The van der Waals surface area contributed by atoms with Crippen LogP contribution in [0, 0.1) is 13.8 Å². The van der Waals surface area contributed by atoms with Crippen LogP contribution in [0.2, 0.25) is 0 Å². The molecule has 0 spiro atoms. The van der Waals surface area contributed by atoms with E-state index >= 15 is 0 Å². The fourth-order valence-corrected chi connectivity index (χ4v) is 2.83. The first-order valence-corrected chi connectivity index (χ1v) is 8.45. The van der Waals surface area contributed by atoms with Crippen LogP contribution in [0.25, 0.3) is 10.8 Å². The van der Waals surface area contributed by atoms with Crippen LogP contribution in [-0.4, -0.2) is 23.5 Å². The number of fused-ring (bicyclic) bond motifs is 1. The minimum Gasteiger partial charge on any atom is -0.506 e. The molecule has 3 aromatic carbocycles. The third kappa shape index (κ3) is 4.36. The van der Waals surface area contributed by atoms with Gasteiger partial charge in [0.2, 0.25) is 0 Å². The van der Waals surface area contributed by atoms with Crippen molar-refractivity contribution in [2.24, 2.45) is 0 Å². The van der Waals surface area contributed by atoms with Crippen molar-refractivity contribution in [3.8, 4) is 11.5 Å². The van der Waals surface area contributed by atoms with Gasteiger partial charge in [-0.1, -0.05) is 36.4 Å². The van der Waals surface area contributed by atoms with E-state index in [4.69, 9.17) is 4.74 Å². The molecular weight excluding hydrogens is 344 g/mol. The Labute approximate surface area is 156 Å². The van der Waals surface area contributed by atoms with Gasteiger partial charge in [0, 0.05) is 5.39 Å². The second kappa shape index (κ2) is 7.78. The van der Waals surface area contributed by atoms with Crippen molar-refractivity contribution < 1.29 is 19.4 Å². The molecule has 0 saturated carbocycles. The second-order valence-electron chi connectivity index (χ2n) is 6.30. The molecule has 27 heavy (non-hydrogen) atoms. The van der Waals surface area contributed by atoms with E-state index in [1.165, 1.54) is 6.07 Å². The van der Waals surface area contributed by atoms with E-state index in [0.29, 0.717) is 11.1 Å². The van der Waals surface area contributed by atoms with E-state index in [0.717, 1.165) is 16.5 Å². The van der Waals surface area contributed by atoms with Gasteiger partial charge < -0.3 is 9.84 Å². The fourth-order valence-electron chi connectivity index (χ4n) is 2.83. The predicted octanol–water partition coefficient (Wildman–Crippen LogP) is 3.00. The van der Waals surface area contributed by atoms with Crippen molar-refractivity contribution in [3.63, 3.8) is 0 Å². The molecule has 138 valence electrons. The van der Waals surface area contributed by atoms with Crippen LogP contribution in [-0.2, 0) is 4.79 Å². The molecule has 0 saturated heterocycles. The number of nitrogens with one attached hydrogen (secondary N) is 2. The van der Waals surface area contributed by atoms with Crippen LogP contribution in [0.1, 0.15) is 21.5 Å². The predicted molar refractivity (Wildman–Crippen MR) is 103 cm³/mol. The lowest BCUT2D eigenvalue weighted by molar-refractivity contribution is -0.123. The average molecular weight is 364 g/mol. The summed E-state index contributed by atoms with van der Waals surface area (Å²) in [5.41, 5.74) is 6.70. The van der Waals surface area contributed by atoms with Crippen molar-refractivity contribution in [1.82, 2.24) is 10.9 Å². The van der Waals surface area contributed by atoms with Gasteiger partial charge in [0.05, 0.1) is 5.56 Å². The monoisotopic (exact) mass is 364 g/mol. The van der Waals surface area contributed by atoms with Crippen molar-refractivity contribution in [3.05, 3.63) is 71.3 Å². The quantitative estimate of drug-likeness (QED) is 0.621. The number of carbonyl (C=O) groups excluding carboxylic acids is 2. The third-order valence-corrected chi connectivity index (χ3v) is 4.03. The maximum absolute atomic E-state index is 12.3. The molecular formula is C21H20N2O4. The third-order valence-electron chi connectivity index (χ3n) is 4.03. The number of benzene rings is 3. The Morgan fingerprint density at radius 1 is 0.963 bits per heavy atom. The Kier molecular flexibility index (Phi) is 5.26. The number of hydrogen-bond acceptors (Lipinski definition) is 4. The molecule has 0 radical (unpaired) electrons. The molecule has 0 aromatic heterocycles. The summed E-state index contributed by atoms with van der Waals surface area (Å²) in [6.45, 7) is 3.64. The molecule has 0 heterocycles. The van der Waals surface area contributed by atoms with Crippen LogP contribution in [0.15, 0.2) is 54.6 Å². The highest BCUT2D eigenvalue weighted by molar-refractivity contribution is 6.04. The number of aryl methyl sites for hydroxylation is 2. The molecule has 0 aliphatic heterocycles. The Balaban J connectivity index is 1.58. The fraction of sp³-hybridized carbons (Fsp3) is 0.143. The van der Waals surface area contributed by atoms with Gasteiger partial charge in [0.15, 0.2) is 6.61 Å². The summed E-state index contributed by atoms with van der Waals surface area (Å²) in [5, 5.41) is 11.7. The lowest BCUT2D eigenvalue weighted by Crippen LogP contribution is -2.43. The van der Waals surface area contributed by atoms with Gasteiger partial charge in [-0.15, -0.1) is 0 Å². The first-order valence-electron chi connectivity index (χ1n) is 8.45. The van der Waals surface area contributed by atoms with E-state index in [-0.39, 0.29) is 17.9 Å². The molecule has 0 bridgehead atoms. The normalized spacial score (nSPS) is 10.4. The van der Waals surface area contributed by atoms with Gasteiger partial charge in [0.25, 0.3) is 11.8 Å². The summed E-state index contributed by atoms with van der Waals surface area (Å²) in [4.78, 5) is 24.2. The van der Waals surface area contributed by atoms with Crippen molar-refractivity contribution >= 4 is 22.6 Å². The molecule has 3 rings (SSSR count). The molecule has 6 heteroatoms. The Bertz CT molecular complexity index is 994. The molecule has 0 aliphatic carbocycles. The molecule has 2 amide bonds. The second-order valence-corrected chi connectivity index (χ2v) is 6.30. The topological polar surface area (TPSA) is 87.7 Å². The van der Waals surface area contributed by atoms with Gasteiger partial charge in [-0.05, 0) is 48.6 Å². The molecule has 0 unspecified atom stereocenters. The summed E-state index contributed by atoms with van der Waals surface area (Å²) in [6, 6.07) is 16.1. The van der Waals surface area contributed by atoms with Gasteiger partial charge in [-0.2, -0.15) is 0 Å². The molecule has 0 fully saturated rings. The minimum absolute atomic E-state index is 0.0734. The van der Waals surface area contributed by atoms with Crippen LogP contribution in [0.5, 0.6) is 11.5 Å².